The van der Waals surface area contributed by atoms with E-state index in [2.05, 4.69) is 5.32 Å². The van der Waals surface area contributed by atoms with Crippen molar-refractivity contribution in [3.8, 4) is 0 Å². The zero-order valence-electron chi connectivity index (χ0n) is 12.6. The van der Waals surface area contributed by atoms with E-state index in [1.165, 1.54) is 0 Å². The quantitative estimate of drug-likeness (QED) is 0.930. The topological polar surface area (TPSA) is 49.4 Å². The number of hydrogen-bond acceptors (Lipinski definition) is 2. The highest BCUT2D eigenvalue weighted by atomic mass is 35.5. The number of carbonyl (C=O) groups excluding carboxylic acids is 2. The normalized spacial score (nSPS) is 18.4. The molecule has 2 rings (SSSR count). The van der Waals surface area contributed by atoms with E-state index in [4.69, 9.17) is 11.6 Å². The number of anilines is 1. The van der Waals surface area contributed by atoms with Crippen molar-refractivity contribution in [3.63, 3.8) is 0 Å². The molecule has 1 atom stereocenters. The molecule has 1 aliphatic rings. The van der Waals surface area contributed by atoms with Gasteiger partial charge in [-0.3, -0.25) is 9.59 Å². The number of carbonyl (C=O) groups is 2. The van der Waals surface area contributed by atoms with Crippen molar-refractivity contribution in [1.82, 2.24) is 5.32 Å². The van der Waals surface area contributed by atoms with E-state index in [0.29, 0.717) is 24.0 Å². The fourth-order valence-electron chi connectivity index (χ4n) is 2.33. The molecule has 1 aliphatic heterocycles. The predicted octanol–water partition coefficient (Wildman–Crippen LogP) is 2.77. The number of hydrogen-bond donors (Lipinski definition) is 1. The minimum absolute atomic E-state index is 0.0281. The summed E-state index contributed by atoms with van der Waals surface area (Å²) < 4.78 is 0. The molecule has 1 aromatic rings. The monoisotopic (exact) mass is 308 g/mol. The van der Waals surface area contributed by atoms with Crippen LogP contribution in [-0.4, -0.2) is 24.9 Å². The lowest BCUT2D eigenvalue weighted by Crippen LogP contribution is -2.35. The van der Waals surface area contributed by atoms with E-state index >= 15 is 0 Å². The SMILES string of the molecule is Cc1ccc(N2CC(C(=O)NCC(C)C)CC2=O)cc1Cl. The lowest BCUT2D eigenvalue weighted by molar-refractivity contribution is -0.126. The van der Waals surface area contributed by atoms with Gasteiger partial charge in [0, 0.05) is 30.2 Å². The fourth-order valence-corrected chi connectivity index (χ4v) is 2.51. The van der Waals surface area contributed by atoms with Crippen LogP contribution in [0.2, 0.25) is 5.02 Å². The van der Waals surface area contributed by atoms with Crippen LogP contribution in [0.25, 0.3) is 0 Å². The Bertz CT molecular complexity index is 557. The maximum absolute atomic E-state index is 12.1. The molecule has 1 unspecified atom stereocenters. The summed E-state index contributed by atoms with van der Waals surface area (Å²) in [5.41, 5.74) is 1.73. The molecule has 0 bridgehead atoms. The Morgan fingerprint density at radius 2 is 2.19 bits per heavy atom. The summed E-state index contributed by atoms with van der Waals surface area (Å²) in [7, 11) is 0. The van der Waals surface area contributed by atoms with Gasteiger partial charge in [0.15, 0.2) is 0 Å². The average molecular weight is 309 g/mol. The molecule has 1 heterocycles. The Hall–Kier alpha value is -1.55. The van der Waals surface area contributed by atoms with E-state index in [0.717, 1.165) is 11.3 Å². The van der Waals surface area contributed by atoms with Crippen molar-refractivity contribution < 1.29 is 9.59 Å². The number of halogens is 1. The number of benzene rings is 1. The highest BCUT2D eigenvalue weighted by Gasteiger charge is 2.35. The summed E-state index contributed by atoms with van der Waals surface area (Å²) in [4.78, 5) is 25.8. The Balaban J connectivity index is 2.05. The smallest absolute Gasteiger partial charge is 0.227 e. The van der Waals surface area contributed by atoms with Crippen molar-refractivity contribution in [2.75, 3.05) is 18.0 Å². The van der Waals surface area contributed by atoms with E-state index in [1.54, 1.807) is 11.0 Å². The van der Waals surface area contributed by atoms with Crippen LogP contribution in [-0.2, 0) is 9.59 Å². The molecule has 0 spiro atoms. The van der Waals surface area contributed by atoms with Crippen LogP contribution in [0, 0.1) is 18.8 Å². The molecule has 1 N–H and O–H groups in total. The highest BCUT2D eigenvalue weighted by Crippen LogP contribution is 2.28. The lowest BCUT2D eigenvalue weighted by Gasteiger charge is -2.17. The van der Waals surface area contributed by atoms with Gasteiger partial charge in [-0.15, -0.1) is 0 Å². The Labute approximate surface area is 130 Å². The molecule has 0 saturated carbocycles. The summed E-state index contributed by atoms with van der Waals surface area (Å²) in [5.74, 6) is 0.0479. The molecule has 4 nitrogen and oxygen atoms in total. The minimum Gasteiger partial charge on any atom is -0.356 e. The molecule has 21 heavy (non-hydrogen) atoms. The van der Waals surface area contributed by atoms with Crippen molar-refractivity contribution >= 4 is 29.1 Å². The summed E-state index contributed by atoms with van der Waals surface area (Å²) >= 11 is 6.11. The number of nitrogens with zero attached hydrogens (tertiary/aromatic N) is 1. The summed E-state index contributed by atoms with van der Waals surface area (Å²) in [6.07, 6.45) is 0.259. The fraction of sp³-hybridized carbons (Fsp3) is 0.500. The molecule has 5 heteroatoms. The number of amides is 2. The summed E-state index contributed by atoms with van der Waals surface area (Å²) in [5, 5.41) is 3.53. The predicted molar refractivity (Wildman–Crippen MR) is 84.5 cm³/mol. The average Bonchev–Trinajstić information content (AvgIpc) is 2.81. The third-order valence-corrected chi connectivity index (χ3v) is 4.05. The first-order chi connectivity index (χ1) is 9.88. The van der Waals surface area contributed by atoms with E-state index in [9.17, 15) is 9.59 Å². The van der Waals surface area contributed by atoms with Crippen LogP contribution >= 0.6 is 11.6 Å². The van der Waals surface area contributed by atoms with Crippen molar-refractivity contribution in [2.24, 2.45) is 11.8 Å². The van der Waals surface area contributed by atoms with Gasteiger partial charge in [-0.25, -0.2) is 0 Å². The van der Waals surface area contributed by atoms with Gasteiger partial charge in [-0.1, -0.05) is 31.5 Å². The molecular formula is C16H21ClN2O2. The second kappa shape index (κ2) is 6.48. The Morgan fingerprint density at radius 3 is 2.81 bits per heavy atom. The third-order valence-electron chi connectivity index (χ3n) is 3.65. The molecule has 0 aromatic heterocycles. The maximum Gasteiger partial charge on any atom is 0.227 e. The molecule has 114 valence electrons. The number of aryl methyl sites for hydroxylation is 1. The number of nitrogens with one attached hydrogen (secondary N) is 1. The second-order valence-corrected chi connectivity index (χ2v) is 6.39. The maximum atomic E-state index is 12.1. The number of rotatable bonds is 4. The molecule has 1 aromatic carbocycles. The zero-order chi connectivity index (χ0) is 15.6. The van der Waals surface area contributed by atoms with E-state index in [1.807, 2.05) is 32.9 Å². The first kappa shape index (κ1) is 15.8. The molecule has 2 amide bonds. The van der Waals surface area contributed by atoms with Gasteiger partial charge in [-0.05, 0) is 30.5 Å². The Morgan fingerprint density at radius 1 is 1.48 bits per heavy atom. The van der Waals surface area contributed by atoms with Crippen LogP contribution < -0.4 is 10.2 Å². The van der Waals surface area contributed by atoms with Crippen molar-refractivity contribution in [3.05, 3.63) is 28.8 Å². The van der Waals surface area contributed by atoms with Gasteiger partial charge in [0.05, 0.1) is 5.92 Å². The van der Waals surface area contributed by atoms with Gasteiger partial charge in [0.2, 0.25) is 11.8 Å². The van der Waals surface area contributed by atoms with Crippen LogP contribution in [0.4, 0.5) is 5.69 Å². The summed E-state index contributed by atoms with van der Waals surface area (Å²) in [6.45, 7) is 7.06. The van der Waals surface area contributed by atoms with Crippen LogP contribution in [0.1, 0.15) is 25.8 Å². The second-order valence-electron chi connectivity index (χ2n) is 5.98. The molecule has 0 radical (unpaired) electrons. The minimum atomic E-state index is -0.281. The molecular weight excluding hydrogens is 288 g/mol. The van der Waals surface area contributed by atoms with Crippen LogP contribution in [0.5, 0.6) is 0 Å². The summed E-state index contributed by atoms with van der Waals surface area (Å²) in [6, 6.07) is 5.54. The van der Waals surface area contributed by atoms with Crippen LogP contribution in [0.3, 0.4) is 0 Å². The third kappa shape index (κ3) is 3.76. The lowest BCUT2D eigenvalue weighted by atomic mass is 10.1. The van der Waals surface area contributed by atoms with Crippen molar-refractivity contribution in [1.29, 1.82) is 0 Å². The van der Waals surface area contributed by atoms with Gasteiger partial charge in [0.1, 0.15) is 0 Å². The van der Waals surface area contributed by atoms with E-state index in [-0.39, 0.29) is 24.2 Å². The largest absolute Gasteiger partial charge is 0.356 e. The van der Waals surface area contributed by atoms with Gasteiger partial charge < -0.3 is 10.2 Å². The highest BCUT2D eigenvalue weighted by molar-refractivity contribution is 6.31. The Kier molecular flexibility index (Phi) is 4.88. The molecule has 1 fully saturated rings. The van der Waals surface area contributed by atoms with Gasteiger partial charge >= 0.3 is 0 Å². The van der Waals surface area contributed by atoms with Gasteiger partial charge in [0.25, 0.3) is 0 Å². The van der Waals surface area contributed by atoms with Gasteiger partial charge in [-0.2, -0.15) is 0 Å². The van der Waals surface area contributed by atoms with Crippen LogP contribution in [0.15, 0.2) is 18.2 Å². The zero-order valence-corrected chi connectivity index (χ0v) is 13.4. The molecule has 1 saturated heterocycles. The van der Waals surface area contributed by atoms with E-state index < -0.39 is 0 Å². The first-order valence-corrected chi connectivity index (χ1v) is 7.60. The standard InChI is InChI=1S/C16H21ClN2O2/c1-10(2)8-18-16(21)12-6-15(20)19(9-12)13-5-4-11(3)14(17)7-13/h4-5,7,10,12H,6,8-9H2,1-3H3,(H,18,21). The van der Waals surface area contributed by atoms with Crippen molar-refractivity contribution in [2.45, 2.75) is 27.2 Å². The molecule has 0 aliphatic carbocycles. The first-order valence-electron chi connectivity index (χ1n) is 7.22.